The van der Waals surface area contributed by atoms with E-state index >= 15 is 0 Å². The number of carbonyl (C=O) groups is 2. The van der Waals surface area contributed by atoms with Crippen LogP contribution in [0.2, 0.25) is 0 Å². The maximum atomic E-state index is 13.3. The maximum absolute atomic E-state index is 13.3. The molecule has 2 aliphatic rings. The Morgan fingerprint density at radius 3 is 2.56 bits per heavy atom. The van der Waals surface area contributed by atoms with E-state index in [-0.39, 0.29) is 33.2 Å². The normalized spacial score (nSPS) is 19.6. The fourth-order valence-electron chi connectivity index (χ4n) is 4.72. The average Bonchev–Trinajstić information content (AvgIpc) is 3.07. The quantitative estimate of drug-likeness (QED) is 0.424. The van der Waals surface area contributed by atoms with Crippen LogP contribution >= 0.6 is 23.5 Å². The zero-order valence-electron chi connectivity index (χ0n) is 18.9. The van der Waals surface area contributed by atoms with Crippen LogP contribution < -0.4 is 11.0 Å². The van der Waals surface area contributed by atoms with Gasteiger partial charge in [-0.1, -0.05) is 61.4 Å². The topological polar surface area (TPSA) is 84.3 Å². The van der Waals surface area contributed by atoms with Crippen molar-refractivity contribution in [3.8, 4) is 5.69 Å². The van der Waals surface area contributed by atoms with E-state index in [1.165, 1.54) is 11.8 Å². The van der Waals surface area contributed by atoms with E-state index in [1.54, 1.807) is 33.5 Å². The lowest BCUT2D eigenvalue weighted by Crippen LogP contribution is -2.56. The predicted octanol–water partition coefficient (Wildman–Crippen LogP) is 4.13. The molecule has 2 amide bonds. The molecule has 1 saturated carbocycles. The van der Waals surface area contributed by atoms with Crippen molar-refractivity contribution in [2.75, 3.05) is 5.75 Å². The smallest absolute Gasteiger partial charge is 0.266 e. The molecule has 34 heavy (non-hydrogen) atoms. The minimum absolute atomic E-state index is 0.0382. The molecule has 2 fully saturated rings. The third-order valence-corrected chi connectivity index (χ3v) is 8.86. The fraction of sp³-hybridized carbons (Fsp3) is 0.360. The highest BCUT2D eigenvalue weighted by molar-refractivity contribution is 8.02. The summed E-state index contributed by atoms with van der Waals surface area (Å²) >= 11 is 2.86. The van der Waals surface area contributed by atoms with Crippen molar-refractivity contribution in [2.45, 2.75) is 54.3 Å². The first-order valence-electron chi connectivity index (χ1n) is 11.5. The van der Waals surface area contributed by atoms with E-state index in [1.807, 2.05) is 49.4 Å². The van der Waals surface area contributed by atoms with Crippen LogP contribution in [0, 0.1) is 0 Å². The number of thioether (sulfide) groups is 2. The standard InChI is InChI=1S/C25H26N4O3S2/c1-17-22(31)29(25(34-17)14-8-3-9-15-25)27-21(30)16-33-24-26-20-13-7-6-12-19(20)23(32)28(24)18-10-4-2-5-11-18/h2,4-7,10-13,17H,3,8-9,14-16H2,1H3,(H,27,30). The number of carbonyl (C=O) groups excluding carboxylic acids is 2. The third-order valence-electron chi connectivity index (χ3n) is 6.33. The summed E-state index contributed by atoms with van der Waals surface area (Å²) in [6.45, 7) is 1.90. The van der Waals surface area contributed by atoms with Gasteiger partial charge in [0.25, 0.3) is 11.5 Å². The summed E-state index contributed by atoms with van der Waals surface area (Å²) in [5.74, 6) is -0.286. The van der Waals surface area contributed by atoms with Gasteiger partial charge in [-0.05, 0) is 44.0 Å². The molecule has 2 heterocycles. The number of aromatic nitrogens is 2. The zero-order chi connectivity index (χ0) is 23.7. The van der Waals surface area contributed by atoms with Crippen LogP contribution in [0.1, 0.15) is 39.0 Å². The van der Waals surface area contributed by atoms with Crippen molar-refractivity contribution < 1.29 is 9.59 Å². The molecular weight excluding hydrogens is 468 g/mol. The summed E-state index contributed by atoms with van der Waals surface area (Å²) < 4.78 is 1.54. The minimum Gasteiger partial charge on any atom is -0.272 e. The highest BCUT2D eigenvalue weighted by atomic mass is 32.2. The van der Waals surface area contributed by atoms with Gasteiger partial charge >= 0.3 is 0 Å². The van der Waals surface area contributed by atoms with Crippen LogP contribution in [0.15, 0.2) is 64.5 Å². The molecule has 1 aliphatic carbocycles. The Labute approximate surface area is 206 Å². The summed E-state index contributed by atoms with van der Waals surface area (Å²) in [6, 6.07) is 16.5. The summed E-state index contributed by atoms with van der Waals surface area (Å²) in [4.78, 5) is 43.5. The molecular formula is C25H26N4O3S2. The lowest BCUT2D eigenvalue weighted by atomic mass is 9.94. The molecule has 3 aromatic rings. The average molecular weight is 495 g/mol. The monoisotopic (exact) mass is 494 g/mol. The Hall–Kier alpha value is -2.78. The molecule has 0 radical (unpaired) electrons. The van der Waals surface area contributed by atoms with Crippen molar-refractivity contribution >= 4 is 46.2 Å². The molecule has 0 bridgehead atoms. The molecule has 176 valence electrons. The Bertz CT molecular complexity index is 1290. The Morgan fingerprint density at radius 1 is 1.09 bits per heavy atom. The lowest BCUT2D eigenvalue weighted by Gasteiger charge is -2.39. The number of nitrogens with one attached hydrogen (secondary N) is 1. The van der Waals surface area contributed by atoms with Gasteiger partial charge in [0.15, 0.2) is 5.16 Å². The van der Waals surface area contributed by atoms with Crippen LogP contribution in [0.4, 0.5) is 0 Å². The minimum atomic E-state index is -0.345. The second kappa shape index (κ2) is 9.46. The SMILES string of the molecule is CC1SC2(CCCCC2)N(NC(=O)CSc2nc3ccccc3c(=O)n2-c2ccccc2)C1=O. The lowest BCUT2D eigenvalue weighted by molar-refractivity contribution is -0.143. The van der Waals surface area contributed by atoms with Gasteiger partial charge in [-0.15, -0.1) is 11.8 Å². The number of hydrogen-bond donors (Lipinski definition) is 1. The van der Waals surface area contributed by atoms with Crippen LogP contribution in [0.25, 0.3) is 16.6 Å². The Balaban J connectivity index is 1.40. The molecule has 1 spiro atoms. The highest BCUT2D eigenvalue weighted by Gasteiger charge is 2.51. The number of hydrogen-bond acceptors (Lipinski definition) is 6. The molecule has 2 aromatic carbocycles. The first kappa shape index (κ1) is 23.0. The second-order valence-electron chi connectivity index (χ2n) is 8.65. The van der Waals surface area contributed by atoms with Crippen LogP contribution in [-0.2, 0) is 9.59 Å². The van der Waals surface area contributed by atoms with Crippen molar-refractivity contribution in [3.63, 3.8) is 0 Å². The summed E-state index contributed by atoms with van der Waals surface area (Å²) in [5.41, 5.74) is 3.99. The summed E-state index contributed by atoms with van der Waals surface area (Å²) in [6.07, 6.45) is 5.05. The van der Waals surface area contributed by atoms with Crippen molar-refractivity contribution in [1.29, 1.82) is 0 Å². The van der Waals surface area contributed by atoms with Gasteiger partial charge in [0.2, 0.25) is 5.91 Å². The van der Waals surface area contributed by atoms with Gasteiger partial charge in [-0.2, -0.15) is 0 Å². The van der Waals surface area contributed by atoms with Crippen LogP contribution in [0.5, 0.6) is 0 Å². The van der Waals surface area contributed by atoms with E-state index in [0.29, 0.717) is 21.7 Å². The maximum Gasteiger partial charge on any atom is 0.266 e. The van der Waals surface area contributed by atoms with Crippen molar-refractivity contribution in [3.05, 3.63) is 65.0 Å². The van der Waals surface area contributed by atoms with Gasteiger partial charge in [-0.3, -0.25) is 24.4 Å². The summed E-state index contributed by atoms with van der Waals surface area (Å²) in [5, 5.41) is 2.38. The molecule has 1 atom stereocenters. The Morgan fingerprint density at radius 2 is 1.79 bits per heavy atom. The van der Waals surface area contributed by atoms with Crippen molar-refractivity contribution in [1.82, 2.24) is 20.0 Å². The van der Waals surface area contributed by atoms with Crippen LogP contribution in [0.3, 0.4) is 0 Å². The number of para-hydroxylation sites is 2. The van der Waals surface area contributed by atoms with E-state index in [4.69, 9.17) is 0 Å². The number of nitrogens with zero attached hydrogens (tertiary/aromatic N) is 3. The number of fused-ring (bicyclic) bond motifs is 1. The van der Waals surface area contributed by atoms with Gasteiger partial charge in [0, 0.05) is 0 Å². The van der Waals surface area contributed by atoms with E-state index in [9.17, 15) is 14.4 Å². The molecule has 9 heteroatoms. The fourth-order valence-corrected chi connectivity index (χ4v) is 7.15. The zero-order valence-corrected chi connectivity index (χ0v) is 20.5. The summed E-state index contributed by atoms with van der Waals surface area (Å²) in [7, 11) is 0. The van der Waals surface area contributed by atoms with E-state index in [0.717, 1.165) is 32.1 Å². The molecule has 7 nitrogen and oxygen atoms in total. The highest BCUT2D eigenvalue weighted by Crippen LogP contribution is 2.49. The number of rotatable bonds is 5. The predicted molar refractivity (Wildman–Crippen MR) is 136 cm³/mol. The van der Waals surface area contributed by atoms with Gasteiger partial charge < -0.3 is 0 Å². The second-order valence-corrected chi connectivity index (χ2v) is 11.3. The number of benzene rings is 2. The first-order valence-corrected chi connectivity index (χ1v) is 13.4. The van der Waals surface area contributed by atoms with Gasteiger partial charge in [0.05, 0.1) is 27.6 Å². The largest absolute Gasteiger partial charge is 0.272 e. The number of amides is 2. The first-order chi connectivity index (χ1) is 16.5. The molecule has 5 rings (SSSR count). The van der Waals surface area contributed by atoms with Crippen molar-refractivity contribution in [2.24, 2.45) is 0 Å². The molecule has 1 aliphatic heterocycles. The molecule has 1 unspecified atom stereocenters. The van der Waals surface area contributed by atoms with Crippen LogP contribution in [-0.4, -0.2) is 42.2 Å². The molecule has 1 saturated heterocycles. The van der Waals surface area contributed by atoms with Gasteiger partial charge in [-0.25, -0.2) is 9.99 Å². The number of hydrazine groups is 1. The van der Waals surface area contributed by atoms with E-state index < -0.39 is 0 Å². The third kappa shape index (κ3) is 4.22. The molecule has 1 aromatic heterocycles. The van der Waals surface area contributed by atoms with E-state index in [2.05, 4.69) is 10.4 Å². The molecule has 1 N–H and O–H groups in total. The Kier molecular flexibility index (Phi) is 6.40. The van der Waals surface area contributed by atoms with Gasteiger partial charge in [0.1, 0.15) is 4.87 Å².